The van der Waals surface area contributed by atoms with Crippen molar-refractivity contribution >= 4 is 5.91 Å². The molecule has 346 valence electrons. The summed E-state index contributed by atoms with van der Waals surface area (Å²) in [5.41, 5.74) is 0. The van der Waals surface area contributed by atoms with E-state index in [-0.39, 0.29) is 6.42 Å². The van der Waals surface area contributed by atoms with Crippen LogP contribution in [-0.2, 0) is 14.3 Å². The zero-order valence-electron chi connectivity index (χ0n) is 37.5. The molecule has 1 heterocycles. The van der Waals surface area contributed by atoms with Crippen LogP contribution in [0, 0.1) is 5.92 Å². The summed E-state index contributed by atoms with van der Waals surface area (Å²) >= 11 is 0. The average Bonchev–Trinajstić information content (AvgIpc) is 3.22. The van der Waals surface area contributed by atoms with Crippen LogP contribution in [-0.4, -0.2) is 110 Å². The van der Waals surface area contributed by atoms with E-state index in [0.717, 1.165) is 44.4 Å². The largest absolute Gasteiger partial charge is 0.394 e. The van der Waals surface area contributed by atoms with Gasteiger partial charge in [-0.1, -0.05) is 207 Å². The molecule has 10 atom stereocenters. The maximum atomic E-state index is 13.1. The summed E-state index contributed by atoms with van der Waals surface area (Å²) in [4.78, 5) is 13.1. The average molecular weight is 832 g/mol. The standard InChI is InChI=1S/C47H93NO10/c1-4-6-7-8-9-10-11-12-13-14-15-16-17-18-21-25-28-31-34-40(51)46(56)48-38(36-57-47-45(55)44(54)43(53)41(35-49)58-47)42(52)39(50)33-30-27-24-22-19-20-23-26-29-32-37(3)5-2/h37-45,47,49-55H,4-36H2,1-3H3,(H,48,56)/t37-,38+,39-,40-,41-,42+,43+,44+,45+,47-/m1/s1. The van der Waals surface area contributed by atoms with Gasteiger partial charge in [-0.3, -0.25) is 4.79 Å². The van der Waals surface area contributed by atoms with E-state index in [4.69, 9.17) is 9.47 Å². The second-order valence-corrected chi connectivity index (χ2v) is 17.8. The lowest BCUT2D eigenvalue weighted by molar-refractivity contribution is -0.303. The van der Waals surface area contributed by atoms with Crippen molar-refractivity contribution in [3.8, 4) is 0 Å². The summed E-state index contributed by atoms with van der Waals surface area (Å²) in [6.07, 6.45) is 24.3. The Bertz CT molecular complexity index is 928. The molecule has 1 aliphatic heterocycles. The summed E-state index contributed by atoms with van der Waals surface area (Å²) in [6.45, 7) is 5.78. The van der Waals surface area contributed by atoms with Crippen molar-refractivity contribution in [2.24, 2.45) is 5.92 Å². The Kier molecular flexibility index (Phi) is 34.9. The first-order chi connectivity index (χ1) is 28.1. The first-order valence-electron chi connectivity index (χ1n) is 24.3. The Labute approximate surface area is 354 Å². The zero-order valence-corrected chi connectivity index (χ0v) is 37.5. The van der Waals surface area contributed by atoms with E-state index in [1.54, 1.807) is 0 Å². The molecule has 0 spiro atoms. The highest BCUT2D eigenvalue weighted by molar-refractivity contribution is 5.80. The van der Waals surface area contributed by atoms with Crippen LogP contribution in [0.1, 0.15) is 220 Å². The zero-order chi connectivity index (χ0) is 42.8. The Morgan fingerprint density at radius 3 is 1.43 bits per heavy atom. The van der Waals surface area contributed by atoms with Crippen molar-refractivity contribution in [3.05, 3.63) is 0 Å². The fourth-order valence-corrected chi connectivity index (χ4v) is 8.01. The van der Waals surface area contributed by atoms with E-state index < -0.39 is 74.2 Å². The number of nitrogens with one attached hydrogen (secondary N) is 1. The first-order valence-corrected chi connectivity index (χ1v) is 24.3. The van der Waals surface area contributed by atoms with Crippen LogP contribution in [0.3, 0.4) is 0 Å². The van der Waals surface area contributed by atoms with Gasteiger partial charge in [0.15, 0.2) is 6.29 Å². The van der Waals surface area contributed by atoms with Crippen molar-refractivity contribution in [1.82, 2.24) is 5.32 Å². The quantitative estimate of drug-likeness (QED) is 0.0280. The molecule has 1 aliphatic rings. The number of carbonyl (C=O) groups excluding carboxylic acids is 1. The molecule has 0 radical (unpaired) electrons. The lowest BCUT2D eigenvalue weighted by Crippen LogP contribution is -2.60. The van der Waals surface area contributed by atoms with Crippen molar-refractivity contribution < 1.29 is 50.0 Å². The monoisotopic (exact) mass is 832 g/mol. The van der Waals surface area contributed by atoms with E-state index in [1.807, 2.05) is 0 Å². The SMILES string of the molecule is CCCCCCCCCCCCCCCCCCCC[C@@H](O)C(=O)N[C@@H](CO[C@@H]1O[C@H](CO)[C@H](O)[C@H](O)[C@@H]1O)[C@H](O)[C@H](O)CCCCCCCCCCC[C@H](C)CC. The second-order valence-electron chi connectivity index (χ2n) is 17.8. The Hall–Kier alpha value is -0.890. The third-order valence-corrected chi connectivity index (χ3v) is 12.5. The molecule has 1 fully saturated rings. The maximum absolute atomic E-state index is 13.1. The molecule has 0 aromatic carbocycles. The molecule has 1 saturated heterocycles. The topological polar surface area (TPSA) is 189 Å². The third-order valence-electron chi connectivity index (χ3n) is 12.5. The van der Waals surface area contributed by atoms with Crippen molar-refractivity contribution in [3.63, 3.8) is 0 Å². The molecular weight excluding hydrogens is 739 g/mol. The van der Waals surface area contributed by atoms with Gasteiger partial charge in [0.25, 0.3) is 0 Å². The van der Waals surface area contributed by atoms with Gasteiger partial charge in [0, 0.05) is 0 Å². The molecule has 0 aliphatic carbocycles. The Balaban J connectivity index is 2.41. The van der Waals surface area contributed by atoms with Gasteiger partial charge in [-0.05, 0) is 18.8 Å². The molecule has 11 nitrogen and oxygen atoms in total. The van der Waals surface area contributed by atoms with E-state index in [1.165, 1.54) is 135 Å². The van der Waals surface area contributed by atoms with Gasteiger partial charge >= 0.3 is 0 Å². The molecule has 0 aromatic rings. The molecule has 0 bridgehead atoms. The number of unbranched alkanes of at least 4 members (excludes halogenated alkanes) is 25. The molecule has 58 heavy (non-hydrogen) atoms. The third kappa shape index (κ3) is 26.4. The minimum atomic E-state index is -1.66. The predicted octanol–water partition coefficient (Wildman–Crippen LogP) is 8.14. The predicted molar refractivity (Wildman–Crippen MR) is 233 cm³/mol. The lowest BCUT2D eigenvalue weighted by Gasteiger charge is -2.40. The number of hydrogen-bond donors (Lipinski definition) is 8. The normalized spacial score (nSPS) is 22.4. The molecule has 1 amide bonds. The van der Waals surface area contributed by atoms with Crippen LogP contribution < -0.4 is 5.32 Å². The van der Waals surface area contributed by atoms with Crippen LogP contribution >= 0.6 is 0 Å². The fourth-order valence-electron chi connectivity index (χ4n) is 8.01. The van der Waals surface area contributed by atoms with E-state index in [9.17, 15) is 40.5 Å². The summed E-state index contributed by atoms with van der Waals surface area (Å²) < 4.78 is 11.1. The van der Waals surface area contributed by atoms with Crippen LogP contribution in [0.25, 0.3) is 0 Å². The molecule has 11 heteroatoms. The lowest BCUT2D eigenvalue weighted by atomic mass is 9.98. The number of aliphatic hydroxyl groups is 7. The highest BCUT2D eigenvalue weighted by Gasteiger charge is 2.44. The number of carbonyl (C=O) groups is 1. The van der Waals surface area contributed by atoms with Crippen LogP contribution in [0.5, 0.6) is 0 Å². The maximum Gasteiger partial charge on any atom is 0.249 e. The first kappa shape index (κ1) is 55.1. The molecule has 0 aromatic heterocycles. The minimum absolute atomic E-state index is 0.265. The van der Waals surface area contributed by atoms with E-state index in [2.05, 4.69) is 26.1 Å². The number of rotatable bonds is 40. The van der Waals surface area contributed by atoms with Gasteiger partial charge in [0.1, 0.15) is 36.6 Å². The Morgan fingerprint density at radius 2 is 1.00 bits per heavy atom. The number of aliphatic hydroxyl groups excluding tert-OH is 7. The van der Waals surface area contributed by atoms with Crippen LogP contribution in [0.15, 0.2) is 0 Å². The second kappa shape index (κ2) is 36.7. The van der Waals surface area contributed by atoms with Gasteiger partial charge in [-0.2, -0.15) is 0 Å². The van der Waals surface area contributed by atoms with Gasteiger partial charge < -0.3 is 50.5 Å². The van der Waals surface area contributed by atoms with Crippen LogP contribution in [0.2, 0.25) is 0 Å². The van der Waals surface area contributed by atoms with Crippen LogP contribution in [0.4, 0.5) is 0 Å². The van der Waals surface area contributed by atoms with Crippen molar-refractivity contribution in [2.45, 2.75) is 275 Å². The molecule has 0 unspecified atom stereocenters. The number of amides is 1. The summed E-state index contributed by atoms with van der Waals surface area (Å²) in [7, 11) is 0. The number of hydrogen-bond acceptors (Lipinski definition) is 10. The minimum Gasteiger partial charge on any atom is -0.394 e. The van der Waals surface area contributed by atoms with Gasteiger partial charge in [-0.25, -0.2) is 0 Å². The molecular formula is C47H93NO10. The summed E-state index contributed by atoms with van der Waals surface area (Å²) in [5, 5.41) is 75.7. The van der Waals surface area contributed by atoms with Crippen molar-refractivity contribution in [2.75, 3.05) is 13.2 Å². The van der Waals surface area contributed by atoms with Crippen molar-refractivity contribution in [1.29, 1.82) is 0 Å². The highest BCUT2D eigenvalue weighted by Crippen LogP contribution is 2.23. The van der Waals surface area contributed by atoms with Gasteiger partial charge in [-0.15, -0.1) is 0 Å². The smallest absolute Gasteiger partial charge is 0.249 e. The van der Waals surface area contributed by atoms with Gasteiger partial charge in [0.2, 0.25) is 5.91 Å². The fraction of sp³-hybridized carbons (Fsp3) is 0.979. The summed E-state index contributed by atoms with van der Waals surface area (Å²) in [6, 6.07) is -1.16. The summed E-state index contributed by atoms with van der Waals surface area (Å²) in [5.74, 6) is 0.121. The Morgan fingerprint density at radius 1 is 0.586 bits per heavy atom. The van der Waals surface area contributed by atoms with Gasteiger partial charge in [0.05, 0.1) is 25.4 Å². The molecule has 8 N–H and O–H groups in total. The molecule has 0 saturated carbocycles. The van der Waals surface area contributed by atoms with E-state index in [0.29, 0.717) is 19.3 Å². The number of ether oxygens (including phenoxy) is 2. The molecule has 1 rings (SSSR count). The highest BCUT2D eigenvalue weighted by atomic mass is 16.7. The van der Waals surface area contributed by atoms with E-state index >= 15 is 0 Å².